The molecule has 7 nitrogen and oxygen atoms in total. The Labute approximate surface area is 165 Å². The number of piperidine rings is 1. The molecular weight excluding hydrogens is 352 g/mol. The van der Waals surface area contributed by atoms with E-state index in [-0.39, 0.29) is 5.91 Å². The molecule has 1 unspecified atom stereocenters. The molecule has 1 aliphatic rings. The van der Waals surface area contributed by atoms with Crippen LogP contribution in [0, 0.1) is 19.8 Å². The first-order chi connectivity index (χ1) is 13.5. The van der Waals surface area contributed by atoms with Crippen molar-refractivity contribution in [3.63, 3.8) is 0 Å². The molecule has 1 amide bonds. The maximum atomic E-state index is 12.9. The first-order valence-electron chi connectivity index (χ1n) is 9.75. The number of imidazole rings is 1. The Morgan fingerprint density at radius 1 is 1.21 bits per heavy atom. The Balaban J connectivity index is 1.50. The zero-order chi connectivity index (χ0) is 19.7. The van der Waals surface area contributed by atoms with Gasteiger partial charge in [0.25, 0.3) is 5.91 Å². The summed E-state index contributed by atoms with van der Waals surface area (Å²) in [4.78, 5) is 23.6. The predicted molar refractivity (Wildman–Crippen MR) is 107 cm³/mol. The molecule has 146 valence electrons. The maximum Gasteiger partial charge on any atom is 0.274 e. The fourth-order valence-corrected chi connectivity index (χ4v) is 3.91. The minimum Gasteiger partial charge on any atom is -0.337 e. The molecule has 0 N–H and O–H groups in total. The first kappa shape index (κ1) is 18.4. The van der Waals surface area contributed by atoms with Gasteiger partial charge in [0.1, 0.15) is 5.82 Å². The predicted octanol–water partition coefficient (Wildman–Crippen LogP) is 2.85. The highest BCUT2D eigenvalue weighted by Gasteiger charge is 2.27. The molecule has 0 aliphatic carbocycles. The van der Waals surface area contributed by atoms with E-state index in [2.05, 4.69) is 26.6 Å². The van der Waals surface area contributed by atoms with Crippen molar-refractivity contribution >= 4 is 5.91 Å². The lowest BCUT2D eigenvalue weighted by molar-refractivity contribution is 0.0655. The van der Waals surface area contributed by atoms with Crippen molar-refractivity contribution in [1.29, 1.82) is 0 Å². The molecule has 0 saturated carbocycles. The summed E-state index contributed by atoms with van der Waals surface area (Å²) in [6, 6.07) is 5.84. The highest BCUT2D eigenvalue weighted by Crippen LogP contribution is 2.25. The van der Waals surface area contributed by atoms with E-state index in [1.54, 1.807) is 17.1 Å². The van der Waals surface area contributed by atoms with Crippen LogP contribution in [0.25, 0.3) is 11.4 Å². The highest BCUT2D eigenvalue weighted by molar-refractivity contribution is 5.92. The number of aromatic nitrogens is 5. The zero-order valence-electron chi connectivity index (χ0n) is 16.7. The molecule has 0 radical (unpaired) electrons. The Morgan fingerprint density at radius 3 is 2.71 bits per heavy atom. The molecule has 0 aromatic carbocycles. The third kappa shape index (κ3) is 3.56. The number of amides is 1. The van der Waals surface area contributed by atoms with E-state index in [4.69, 9.17) is 0 Å². The maximum absolute atomic E-state index is 12.9. The molecule has 0 bridgehead atoms. The van der Waals surface area contributed by atoms with Gasteiger partial charge < -0.3 is 9.47 Å². The van der Waals surface area contributed by atoms with Crippen LogP contribution in [0.4, 0.5) is 0 Å². The number of hydrogen-bond donors (Lipinski definition) is 0. The normalized spacial score (nSPS) is 17.1. The van der Waals surface area contributed by atoms with Crippen LogP contribution in [0.15, 0.2) is 36.8 Å². The van der Waals surface area contributed by atoms with E-state index in [0.717, 1.165) is 55.3 Å². The Bertz CT molecular complexity index is 955. The van der Waals surface area contributed by atoms with E-state index in [9.17, 15) is 4.79 Å². The number of carbonyl (C=O) groups excluding carboxylic acids is 1. The Morgan fingerprint density at radius 2 is 2.00 bits per heavy atom. The van der Waals surface area contributed by atoms with Crippen LogP contribution in [0.2, 0.25) is 0 Å². The Hall–Kier alpha value is -2.96. The van der Waals surface area contributed by atoms with Gasteiger partial charge in [-0.1, -0.05) is 0 Å². The SMILES string of the molecule is Cc1cc(C(=O)N2CCCC(Cn3c(C)cnc3-c3ccncc3)C2)nn1C. The van der Waals surface area contributed by atoms with Gasteiger partial charge in [-0.2, -0.15) is 5.10 Å². The molecule has 1 aliphatic heterocycles. The second kappa shape index (κ2) is 7.58. The van der Waals surface area contributed by atoms with Gasteiger partial charge in [0.2, 0.25) is 0 Å². The number of carbonyl (C=O) groups is 1. The molecule has 3 aromatic heterocycles. The summed E-state index contributed by atoms with van der Waals surface area (Å²) in [5.41, 5.74) is 3.73. The fraction of sp³-hybridized carbons (Fsp3) is 0.429. The number of aryl methyl sites for hydroxylation is 3. The molecule has 1 atom stereocenters. The third-order valence-corrected chi connectivity index (χ3v) is 5.57. The van der Waals surface area contributed by atoms with Crippen LogP contribution in [-0.4, -0.2) is 48.2 Å². The van der Waals surface area contributed by atoms with Crippen molar-refractivity contribution < 1.29 is 4.79 Å². The highest BCUT2D eigenvalue weighted by atomic mass is 16.2. The molecule has 4 heterocycles. The molecule has 0 spiro atoms. The zero-order valence-corrected chi connectivity index (χ0v) is 16.7. The van der Waals surface area contributed by atoms with E-state index < -0.39 is 0 Å². The van der Waals surface area contributed by atoms with Crippen molar-refractivity contribution in [2.45, 2.75) is 33.2 Å². The van der Waals surface area contributed by atoms with Crippen LogP contribution >= 0.6 is 0 Å². The summed E-state index contributed by atoms with van der Waals surface area (Å²) >= 11 is 0. The van der Waals surface area contributed by atoms with Gasteiger partial charge >= 0.3 is 0 Å². The summed E-state index contributed by atoms with van der Waals surface area (Å²) < 4.78 is 4.02. The molecule has 4 rings (SSSR count). The fourth-order valence-electron chi connectivity index (χ4n) is 3.91. The molecule has 28 heavy (non-hydrogen) atoms. The molecule has 7 heteroatoms. The number of pyridine rings is 1. The summed E-state index contributed by atoms with van der Waals surface area (Å²) in [6.07, 6.45) is 7.62. The first-order valence-corrected chi connectivity index (χ1v) is 9.75. The Kier molecular flexibility index (Phi) is 4.98. The standard InChI is InChI=1S/C21H26N6O/c1-15-11-19(24-25(15)3)21(28)26-10-4-5-17(13-26)14-27-16(2)12-23-20(27)18-6-8-22-9-7-18/h6-9,11-12,17H,4-5,10,13-14H2,1-3H3. The number of hydrogen-bond acceptors (Lipinski definition) is 4. The van der Waals surface area contributed by atoms with E-state index in [1.165, 1.54) is 0 Å². The minimum absolute atomic E-state index is 0.0325. The van der Waals surface area contributed by atoms with Gasteiger partial charge in [-0.25, -0.2) is 4.98 Å². The third-order valence-electron chi connectivity index (χ3n) is 5.57. The van der Waals surface area contributed by atoms with E-state index >= 15 is 0 Å². The smallest absolute Gasteiger partial charge is 0.274 e. The van der Waals surface area contributed by atoms with Gasteiger partial charge in [-0.05, 0) is 50.8 Å². The van der Waals surface area contributed by atoms with Crippen LogP contribution in [0.3, 0.4) is 0 Å². The number of nitrogens with zero attached hydrogens (tertiary/aromatic N) is 6. The monoisotopic (exact) mass is 378 g/mol. The topological polar surface area (TPSA) is 68.8 Å². The van der Waals surface area contributed by atoms with E-state index in [1.807, 2.05) is 43.3 Å². The van der Waals surface area contributed by atoms with Crippen molar-refractivity contribution in [1.82, 2.24) is 29.2 Å². The molecule has 1 saturated heterocycles. The lowest BCUT2D eigenvalue weighted by Gasteiger charge is -2.33. The van der Waals surface area contributed by atoms with Gasteiger partial charge in [-0.3, -0.25) is 14.5 Å². The van der Waals surface area contributed by atoms with Crippen molar-refractivity contribution in [3.8, 4) is 11.4 Å². The lowest BCUT2D eigenvalue weighted by atomic mass is 9.97. The van der Waals surface area contributed by atoms with Gasteiger partial charge in [-0.15, -0.1) is 0 Å². The van der Waals surface area contributed by atoms with Crippen molar-refractivity contribution in [2.75, 3.05) is 13.1 Å². The average Bonchev–Trinajstić information content (AvgIpc) is 3.24. The largest absolute Gasteiger partial charge is 0.337 e. The van der Waals surface area contributed by atoms with Gasteiger partial charge in [0.15, 0.2) is 5.69 Å². The second-order valence-corrected chi connectivity index (χ2v) is 7.62. The summed E-state index contributed by atoms with van der Waals surface area (Å²) in [7, 11) is 1.87. The molecule has 3 aromatic rings. The molecule has 1 fully saturated rings. The van der Waals surface area contributed by atoms with E-state index in [0.29, 0.717) is 11.6 Å². The van der Waals surface area contributed by atoms with Crippen LogP contribution < -0.4 is 0 Å². The average molecular weight is 378 g/mol. The van der Waals surface area contributed by atoms with Crippen LogP contribution in [0.5, 0.6) is 0 Å². The minimum atomic E-state index is 0.0325. The lowest BCUT2D eigenvalue weighted by Crippen LogP contribution is -2.41. The number of likely N-dealkylation sites (tertiary alicyclic amines) is 1. The summed E-state index contributed by atoms with van der Waals surface area (Å²) in [6.45, 7) is 6.45. The van der Waals surface area contributed by atoms with Crippen LogP contribution in [-0.2, 0) is 13.6 Å². The van der Waals surface area contributed by atoms with Gasteiger partial charge in [0.05, 0.1) is 0 Å². The summed E-state index contributed by atoms with van der Waals surface area (Å²) in [5, 5.41) is 4.36. The van der Waals surface area contributed by atoms with Crippen LogP contribution in [0.1, 0.15) is 34.7 Å². The second-order valence-electron chi connectivity index (χ2n) is 7.62. The van der Waals surface area contributed by atoms with Crippen molar-refractivity contribution in [3.05, 3.63) is 53.9 Å². The van der Waals surface area contributed by atoms with Crippen molar-refractivity contribution in [2.24, 2.45) is 13.0 Å². The molecular formula is C21H26N6O. The van der Waals surface area contributed by atoms with Gasteiger partial charge in [0, 0.05) is 62.2 Å². The summed E-state index contributed by atoms with van der Waals surface area (Å²) in [5.74, 6) is 1.39. The quantitative estimate of drug-likeness (QED) is 0.700. The number of rotatable bonds is 4.